The SMILES string of the molecule is COc1ccc2[nH]cc(CCN3C(=O)C(=O)C(=C(O)c4ccccc4)[C@@H]3c3cccc(Br)c3)c2c1. The number of Topliss-reactive ketones (excluding diaryl/α,β-unsaturated/α-hetero) is 1. The molecule has 2 heterocycles. The van der Waals surface area contributed by atoms with Crippen molar-refractivity contribution >= 4 is 44.3 Å². The second kappa shape index (κ2) is 9.43. The van der Waals surface area contributed by atoms with E-state index < -0.39 is 17.7 Å². The van der Waals surface area contributed by atoms with E-state index in [-0.39, 0.29) is 11.3 Å². The number of ketones is 1. The van der Waals surface area contributed by atoms with Crippen LogP contribution in [-0.2, 0) is 16.0 Å². The van der Waals surface area contributed by atoms with Crippen molar-refractivity contribution in [1.82, 2.24) is 9.88 Å². The Hall–Kier alpha value is -3.84. The number of hydrogen-bond donors (Lipinski definition) is 2. The molecule has 1 aliphatic rings. The smallest absolute Gasteiger partial charge is 0.295 e. The number of aliphatic hydroxyl groups is 1. The van der Waals surface area contributed by atoms with E-state index >= 15 is 0 Å². The summed E-state index contributed by atoms with van der Waals surface area (Å²) in [6, 6.07) is 21.4. The summed E-state index contributed by atoms with van der Waals surface area (Å²) in [5.74, 6) is -0.731. The minimum Gasteiger partial charge on any atom is -0.507 e. The highest BCUT2D eigenvalue weighted by molar-refractivity contribution is 9.10. The molecule has 1 atom stereocenters. The predicted molar refractivity (Wildman–Crippen MR) is 138 cm³/mol. The number of H-pyrrole nitrogens is 1. The second-order valence-corrected chi connectivity index (χ2v) is 9.30. The standard InChI is InChI=1S/C28H23BrN2O4/c1-35-21-10-11-23-22(15-21)19(16-30-23)12-13-31-25(18-8-5-9-20(29)14-18)24(27(33)28(31)34)26(32)17-6-3-2-4-7-17/h2-11,14-16,25,30,32H,12-13H2,1H3/t25-/m0/s1. The number of halogens is 1. The summed E-state index contributed by atoms with van der Waals surface area (Å²) >= 11 is 3.49. The number of fused-ring (bicyclic) bond motifs is 1. The first-order valence-electron chi connectivity index (χ1n) is 11.2. The predicted octanol–water partition coefficient (Wildman–Crippen LogP) is 5.60. The number of likely N-dealkylation sites (tertiary alicyclic amines) is 1. The number of hydrogen-bond acceptors (Lipinski definition) is 4. The van der Waals surface area contributed by atoms with Gasteiger partial charge in [-0.25, -0.2) is 0 Å². The van der Waals surface area contributed by atoms with Crippen LogP contribution in [0.3, 0.4) is 0 Å². The number of aromatic amines is 1. The summed E-state index contributed by atoms with van der Waals surface area (Å²) in [4.78, 5) is 31.3. The molecule has 5 rings (SSSR count). The molecule has 0 radical (unpaired) electrons. The van der Waals surface area contributed by atoms with E-state index in [0.29, 0.717) is 18.5 Å². The van der Waals surface area contributed by atoms with Gasteiger partial charge in [0.15, 0.2) is 0 Å². The van der Waals surface area contributed by atoms with Crippen LogP contribution in [0.5, 0.6) is 5.75 Å². The summed E-state index contributed by atoms with van der Waals surface area (Å²) in [6.45, 7) is 0.303. The van der Waals surface area contributed by atoms with Crippen molar-refractivity contribution < 1.29 is 19.4 Å². The van der Waals surface area contributed by atoms with E-state index in [1.165, 1.54) is 0 Å². The third kappa shape index (κ3) is 4.23. The van der Waals surface area contributed by atoms with Gasteiger partial charge in [0.2, 0.25) is 0 Å². The maximum absolute atomic E-state index is 13.2. The lowest BCUT2D eigenvalue weighted by molar-refractivity contribution is -0.139. The average Bonchev–Trinajstić information content (AvgIpc) is 3.40. The Labute approximate surface area is 211 Å². The van der Waals surface area contributed by atoms with Crippen LogP contribution in [0.25, 0.3) is 16.7 Å². The topological polar surface area (TPSA) is 82.6 Å². The quantitative estimate of drug-likeness (QED) is 0.193. The van der Waals surface area contributed by atoms with Gasteiger partial charge in [0.25, 0.3) is 11.7 Å². The summed E-state index contributed by atoms with van der Waals surface area (Å²) in [7, 11) is 1.62. The number of methoxy groups -OCH3 is 1. The van der Waals surface area contributed by atoms with Crippen LogP contribution < -0.4 is 4.74 Å². The molecule has 7 heteroatoms. The summed E-state index contributed by atoms with van der Waals surface area (Å²) in [5.41, 5.74) is 3.32. The molecule has 35 heavy (non-hydrogen) atoms. The molecule has 1 fully saturated rings. The molecule has 1 saturated heterocycles. The van der Waals surface area contributed by atoms with E-state index in [1.54, 1.807) is 36.3 Å². The van der Waals surface area contributed by atoms with Crippen molar-refractivity contribution in [1.29, 1.82) is 0 Å². The third-order valence-corrected chi connectivity index (χ3v) is 6.84. The van der Waals surface area contributed by atoms with E-state index in [4.69, 9.17) is 4.74 Å². The maximum atomic E-state index is 13.2. The summed E-state index contributed by atoms with van der Waals surface area (Å²) in [6.07, 6.45) is 2.44. The molecule has 0 spiro atoms. The molecule has 3 aromatic carbocycles. The fraction of sp³-hybridized carbons (Fsp3) is 0.143. The number of carbonyl (C=O) groups is 2. The van der Waals surface area contributed by atoms with Crippen LogP contribution in [0.15, 0.2) is 89.0 Å². The number of aliphatic hydroxyl groups excluding tert-OH is 1. The fourth-order valence-electron chi connectivity index (χ4n) is 4.62. The molecule has 176 valence electrons. The van der Waals surface area contributed by atoms with E-state index in [1.807, 2.05) is 54.7 Å². The maximum Gasteiger partial charge on any atom is 0.295 e. The van der Waals surface area contributed by atoms with E-state index in [2.05, 4.69) is 20.9 Å². The largest absolute Gasteiger partial charge is 0.507 e. The van der Waals surface area contributed by atoms with Gasteiger partial charge in [0.1, 0.15) is 11.5 Å². The van der Waals surface area contributed by atoms with E-state index in [9.17, 15) is 14.7 Å². The third-order valence-electron chi connectivity index (χ3n) is 6.35. The van der Waals surface area contributed by atoms with Crippen LogP contribution in [0.2, 0.25) is 0 Å². The Morgan fingerprint density at radius 1 is 1.06 bits per heavy atom. The van der Waals surface area contributed by atoms with Gasteiger partial charge in [-0.1, -0.05) is 58.4 Å². The minimum atomic E-state index is -0.701. The molecule has 2 N–H and O–H groups in total. The van der Waals surface area contributed by atoms with Gasteiger partial charge in [-0.2, -0.15) is 0 Å². The van der Waals surface area contributed by atoms with Crippen molar-refractivity contribution in [3.05, 3.63) is 106 Å². The Kier molecular flexibility index (Phi) is 6.17. The average molecular weight is 531 g/mol. The number of ether oxygens (including phenoxy) is 1. The van der Waals surface area contributed by atoms with Gasteiger partial charge in [-0.15, -0.1) is 0 Å². The van der Waals surface area contributed by atoms with Crippen LogP contribution in [0.1, 0.15) is 22.7 Å². The minimum absolute atomic E-state index is 0.0971. The lowest BCUT2D eigenvalue weighted by Crippen LogP contribution is -2.31. The summed E-state index contributed by atoms with van der Waals surface area (Å²) < 4.78 is 6.19. The van der Waals surface area contributed by atoms with Crippen LogP contribution in [0, 0.1) is 0 Å². The lowest BCUT2D eigenvalue weighted by Gasteiger charge is -2.25. The van der Waals surface area contributed by atoms with Crippen molar-refractivity contribution in [2.75, 3.05) is 13.7 Å². The molecule has 0 unspecified atom stereocenters. The Morgan fingerprint density at radius 3 is 2.60 bits per heavy atom. The number of aromatic nitrogens is 1. The second-order valence-electron chi connectivity index (χ2n) is 8.39. The molecule has 0 bridgehead atoms. The molecule has 0 saturated carbocycles. The molecule has 0 aliphatic carbocycles. The van der Waals surface area contributed by atoms with Crippen molar-refractivity contribution in [2.45, 2.75) is 12.5 Å². The molecule has 1 aliphatic heterocycles. The number of nitrogens with one attached hydrogen (secondary N) is 1. The Bertz CT molecular complexity index is 1460. The lowest BCUT2D eigenvalue weighted by atomic mass is 9.95. The molecular weight excluding hydrogens is 508 g/mol. The zero-order valence-corrected chi connectivity index (χ0v) is 20.6. The van der Waals surface area contributed by atoms with Crippen molar-refractivity contribution in [3.8, 4) is 5.75 Å². The molecule has 1 amide bonds. The van der Waals surface area contributed by atoms with Crippen LogP contribution in [0.4, 0.5) is 0 Å². The zero-order chi connectivity index (χ0) is 24.5. The van der Waals surface area contributed by atoms with Gasteiger partial charge < -0.3 is 19.7 Å². The van der Waals surface area contributed by atoms with Gasteiger partial charge >= 0.3 is 0 Å². The highest BCUT2D eigenvalue weighted by Crippen LogP contribution is 2.40. The van der Waals surface area contributed by atoms with Gasteiger partial charge in [-0.05, 0) is 47.9 Å². The number of amides is 1. The molecule has 6 nitrogen and oxygen atoms in total. The van der Waals surface area contributed by atoms with Gasteiger partial charge in [0, 0.05) is 33.7 Å². The van der Waals surface area contributed by atoms with Crippen molar-refractivity contribution in [3.63, 3.8) is 0 Å². The highest BCUT2D eigenvalue weighted by Gasteiger charge is 2.45. The first kappa shape index (κ1) is 22.9. The van der Waals surface area contributed by atoms with Gasteiger partial charge in [0.05, 0.1) is 18.7 Å². The molecule has 4 aromatic rings. The highest BCUT2D eigenvalue weighted by atomic mass is 79.9. The normalized spacial score (nSPS) is 17.3. The first-order chi connectivity index (χ1) is 17.0. The molecular formula is C28H23BrN2O4. The van der Waals surface area contributed by atoms with Crippen LogP contribution in [-0.4, -0.2) is 40.3 Å². The monoisotopic (exact) mass is 530 g/mol. The Balaban J connectivity index is 1.55. The fourth-order valence-corrected chi connectivity index (χ4v) is 5.03. The van der Waals surface area contributed by atoms with E-state index in [0.717, 1.165) is 32.3 Å². The number of rotatable bonds is 6. The molecule has 1 aromatic heterocycles. The number of carbonyl (C=O) groups excluding carboxylic acids is 2. The van der Waals surface area contributed by atoms with Gasteiger partial charge in [-0.3, -0.25) is 9.59 Å². The Morgan fingerprint density at radius 2 is 1.86 bits per heavy atom. The number of benzene rings is 3. The number of nitrogens with zero attached hydrogens (tertiary/aromatic N) is 1. The first-order valence-corrected chi connectivity index (χ1v) is 12.0. The zero-order valence-electron chi connectivity index (χ0n) is 19.0. The van der Waals surface area contributed by atoms with Crippen molar-refractivity contribution in [2.24, 2.45) is 0 Å². The summed E-state index contributed by atoms with van der Waals surface area (Å²) in [5, 5.41) is 12.1. The van der Waals surface area contributed by atoms with Crippen LogP contribution >= 0.6 is 15.9 Å².